The van der Waals surface area contributed by atoms with Crippen molar-refractivity contribution in [1.29, 1.82) is 0 Å². The summed E-state index contributed by atoms with van der Waals surface area (Å²) in [4.78, 5) is 14.4. The minimum atomic E-state index is -0.328. The highest BCUT2D eigenvalue weighted by atomic mass is 16.5. The minimum Gasteiger partial charge on any atom is -0.445 e. The van der Waals surface area contributed by atoms with Gasteiger partial charge in [0.25, 0.3) is 0 Å². The number of hydrogen-bond donors (Lipinski definition) is 1. The van der Waals surface area contributed by atoms with E-state index in [2.05, 4.69) is 34.5 Å². The number of carbonyl (C=O) groups is 1. The molecule has 0 aliphatic carbocycles. The van der Waals surface area contributed by atoms with Crippen molar-refractivity contribution < 1.29 is 9.53 Å². The lowest BCUT2D eigenvalue weighted by Crippen LogP contribution is -2.47. The standard InChI is InChI=1S/C20H24N2O2/c23-20(24-16-18-10-5-2-6-11-18)21-19-12-7-13-22(15-19)14-17-8-3-1-4-9-17/h1-6,8-11,19H,7,12-16H2,(H,21,23)/t19-/m1/s1. The predicted molar refractivity (Wildman–Crippen MR) is 94.5 cm³/mol. The lowest BCUT2D eigenvalue weighted by molar-refractivity contribution is 0.123. The Bertz CT molecular complexity index is 631. The fourth-order valence-electron chi connectivity index (χ4n) is 3.09. The van der Waals surface area contributed by atoms with Gasteiger partial charge in [-0.05, 0) is 30.5 Å². The van der Waals surface area contributed by atoms with Gasteiger partial charge in [-0.2, -0.15) is 0 Å². The second kappa shape index (κ2) is 8.50. The summed E-state index contributed by atoms with van der Waals surface area (Å²) >= 11 is 0. The first-order chi connectivity index (χ1) is 11.8. The summed E-state index contributed by atoms with van der Waals surface area (Å²) in [6.45, 7) is 3.19. The van der Waals surface area contributed by atoms with Gasteiger partial charge < -0.3 is 10.1 Å². The van der Waals surface area contributed by atoms with Crippen LogP contribution in [0.1, 0.15) is 24.0 Å². The van der Waals surface area contributed by atoms with Gasteiger partial charge in [0, 0.05) is 19.1 Å². The van der Waals surface area contributed by atoms with E-state index in [0.717, 1.165) is 38.0 Å². The fourth-order valence-corrected chi connectivity index (χ4v) is 3.09. The number of nitrogens with zero attached hydrogens (tertiary/aromatic N) is 1. The zero-order chi connectivity index (χ0) is 16.6. The SMILES string of the molecule is O=C(N[C@@H]1CCCN(Cc2ccccc2)C1)OCc1ccccc1. The molecule has 126 valence electrons. The third-order valence-corrected chi connectivity index (χ3v) is 4.29. The largest absolute Gasteiger partial charge is 0.445 e. The molecular weight excluding hydrogens is 300 g/mol. The Kier molecular flexibility index (Phi) is 5.85. The Morgan fingerprint density at radius 2 is 1.71 bits per heavy atom. The molecule has 2 aromatic rings. The van der Waals surface area contributed by atoms with E-state index in [-0.39, 0.29) is 12.1 Å². The van der Waals surface area contributed by atoms with E-state index in [1.54, 1.807) is 0 Å². The van der Waals surface area contributed by atoms with E-state index in [1.807, 2.05) is 36.4 Å². The monoisotopic (exact) mass is 324 g/mol. The Morgan fingerprint density at radius 3 is 2.42 bits per heavy atom. The molecule has 1 amide bonds. The topological polar surface area (TPSA) is 41.6 Å². The second-order valence-corrected chi connectivity index (χ2v) is 6.27. The molecule has 1 aliphatic rings. The maximum absolute atomic E-state index is 12.0. The normalized spacial score (nSPS) is 18.1. The first-order valence-corrected chi connectivity index (χ1v) is 8.53. The van der Waals surface area contributed by atoms with Gasteiger partial charge in [-0.1, -0.05) is 60.7 Å². The molecule has 0 radical (unpaired) electrons. The number of benzene rings is 2. The number of ether oxygens (including phenoxy) is 1. The molecule has 1 fully saturated rings. The van der Waals surface area contributed by atoms with Gasteiger partial charge in [-0.15, -0.1) is 0 Å². The van der Waals surface area contributed by atoms with Gasteiger partial charge in [-0.25, -0.2) is 4.79 Å². The molecule has 2 aromatic carbocycles. The summed E-state index contributed by atoms with van der Waals surface area (Å²) in [7, 11) is 0. The average Bonchev–Trinajstić information content (AvgIpc) is 2.62. The van der Waals surface area contributed by atoms with Gasteiger partial charge in [0.2, 0.25) is 0 Å². The molecule has 0 unspecified atom stereocenters. The third kappa shape index (κ3) is 5.10. The molecule has 4 nitrogen and oxygen atoms in total. The van der Waals surface area contributed by atoms with Crippen LogP contribution in [0.15, 0.2) is 60.7 Å². The zero-order valence-corrected chi connectivity index (χ0v) is 13.9. The number of carbonyl (C=O) groups excluding carboxylic acids is 1. The quantitative estimate of drug-likeness (QED) is 0.914. The van der Waals surface area contributed by atoms with E-state index in [0.29, 0.717) is 6.61 Å². The Hall–Kier alpha value is -2.33. The molecule has 1 aliphatic heterocycles. The summed E-state index contributed by atoms with van der Waals surface area (Å²) in [6, 6.07) is 20.4. The van der Waals surface area contributed by atoms with Gasteiger partial charge in [0.1, 0.15) is 6.61 Å². The van der Waals surface area contributed by atoms with Crippen LogP contribution in [0.3, 0.4) is 0 Å². The first-order valence-electron chi connectivity index (χ1n) is 8.53. The molecule has 1 heterocycles. The molecule has 1 saturated heterocycles. The van der Waals surface area contributed by atoms with Crippen molar-refractivity contribution in [3.8, 4) is 0 Å². The number of likely N-dealkylation sites (tertiary alicyclic amines) is 1. The Balaban J connectivity index is 1.44. The molecular formula is C20H24N2O2. The first kappa shape index (κ1) is 16.5. The van der Waals surface area contributed by atoms with E-state index in [4.69, 9.17) is 4.74 Å². The summed E-state index contributed by atoms with van der Waals surface area (Å²) in [5, 5.41) is 3.00. The van der Waals surface area contributed by atoms with Crippen molar-refractivity contribution >= 4 is 6.09 Å². The van der Waals surface area contributed by atoms with Crippen LogP contribution in [0.25, 0.3) is 0 Å². The number of piperidine rings is 1. The maximum Gasteiger partial charge on any atom is 0.407 e. The van der Waals surface area contributed by atoms with Crippen LogP contribution in [-0.2, 0) is 17.9 Å². The van der Waals surface area contributed by atoms with Crippen molar-refractivity contribution in [3.05, 3.63) is 71.8 Å². The molecule has 0 bridgehead atoms. The highest BCUT2D eigenvalue weighted by Crippen LogP contribution is 2.14. The highest BCUT2D eigenvalue weighted by Gasteiger charge is 2.21. The van der Waals surface area contributed by atoms with Crippen molar-refractivity contribution in [2.45, 2.75) is 32.0 Å². The van der Waals surface area contributed by atoms with E-state index >= 15 is 0 Å². The van der Waals surface area contributed by atoms with Crippen LogP contribution >= 0.6 is 0 Å². The second-order valence-electron chi connectivity index (χ2n) is 6.27. The minimum absolute atomic E-state index is 0.158. The van der Waals surface area contributed by atoms with Crippen molar-refractivity contribution in [1.82, 2.24) is 10.2 Å². The number of amides is 1. The average molecular weight is 324 g/mol. The Labute approximate surface area is 143 Å². The molecule has 3 rings (SSSR count). The van der Waals surface area contributed by atoms with Crippen LogP contribution < -0.4 is 5.32 Å². The maximum atomic E-state index is 12.0. The summed E-state index contributed by atoms with van der Waals surface area (Å²) in [6.07, 6.45) is 1.77. The third-order valence-electron chi connectivity index (χ3n) is 4.29. The van der Waals surface area contributed by atoms with Crippen molar-refractivity contribution in [2.24, 2.45) is 0 Å². The van der Waals surface area contributed by atoms with Crippen LogP contribution in [0.2, 0.25) is 0 Å². The van der Waals surface area contributed by atoms with Crippen molar-refractivity contribution in [2.75, 3.05) is 13.1 Å². The van der Waals surface area contributed by atoms with Gasteiger partial charge in [0.05, 0.1) is 0 Å². The molecule has 4 heteroatoms. The lowest BCUT2D eigenvalue weighted by atomic mass is 10.0. The lowest BCUT2D eigenvalue weighted by Gasteiger charge is -2.32. The zero-order valence-electron chi connectivity index (χ0n) is 13.9. The van der Waals surface area contributed by atoms with Gasteiger partial charge in [0.15, 0.2) is 0 Å². The van der Waals surface area contributed by atoms with Gasteiger partial charge in [-0.3, -0.25) is 4.90 Å². The van der Waals surface area contributed by atoms with Gasteiger partial charge >= 0.3 is 6.09 Å². The summed E-state index contributed by atoms with van der Waals surface area (Å²) < 4.78 is 5.32. The molecule has 1 atom stereocenters. The molecule has 0 saturated carbocycles. The number of nitrogens with one attached hydrogen (secondary N) is 1. The Morgan fingerprint density at radius 1 is 1.04 bits per heavy atom. The highest BCUT2D eigenvalue weighted by molar-refractivity contribution is 5.67. The van der Waals surface area contributed by atoms with Crippen molar-refractivity contribution in [3.63, 3.8) is 0 Å². The smallest absolute Gasteiger partial charge is 0.407 e. The molecule has 0 spiro atoms. The molecule has 24 heavy (non-hydrogen) atoms. The molecule has 1 N–H and O–H groups in total. The van der Waals surface area contributed by atoms with E-state index in [9.17, 15) is 4.79 Å². The van der Waals surface area contributed by atoms with Crippen LogP contribution in [-0.4, -0.2) is 30.1 Å². The number of alkyl carbamates (subject to hydrolysis) is 1. The van der Waals surface area contributed by atoms with Crippen LogP contribution in [0.5, 0.6) is 0 Å². The molecule has 0 aromatic heterocycles. The van der Waals surface area contributed by atoms with E-state index < -0.39 is 0 Å². The fraction of sp³-hybridized carbons (Fsp3) is 0.350. The van der Waals surface area contributed by atoms with E-state index in [1.165, 1.54) is 5.56 Å². The summed E-state index contributed by atoms with van der Waals surface area (Å²) in [5.74, 6) is 0. The summed E-state index contributed by atoms with van der Waals surface area (Å²) in [5.41, 5.74) is 2.31. The number of rotatable bonds is 5. The van der Waals surface area contributed by atoms with Crippen LogP contribution in [0, 0.1) is 0 Å². The predicted octanol–water partition coefficient (Wildman–Crippen LogP) is 3.58. The number of hydrogen-bond acceptors (Lipinski definition) is 3. The van der Waals surface area contributed by atoms with Crippen LogP contribution in [0.4, 0.5) is 4.79 Å².